The second-order valence-corrected chi connectivity index (χ2v) is 5.65. The van der Waals surface area contributed by atoms with Gasteiger partial charge in [0.05, 0.1) is 13.7 Å². The second-order valence-electron chi connectivity index (χ2n) is 5.65. The average Bonchev–Trinajstić information content (AvgIpc) is 2.99. The molecular weight excluding hydrogens is 328 g/mol. The SMILES string of the molecule is [C-]#[N+]c1nn(C)c(C(N)=O)c1-c1ccc(-c2ccccc2OCC)cc1. The summed E-state index contributed by atoms with van der Waals surface area (Å²) in [7, 11) is 1.60. The van der Waals surface area contributed by atoms with Crippen LogP contribution >= 0.6 is 0 Å². The zero-order valence-electron chi connectivity index (χ0n) is 14.6. The summed E-state index contributed by atoms with van der Waals surface area (Å²) < 4.78 is 7.03. The molecule has 6 nitrogen and oxygen atoms in total. The third-order valence-electron chi connectivity index (χ3n) is 4.04. The Kier molecular flexibility index (Phi) is 4.72. The molecule has 6 heteroatoms. The summed E-state index contributed by atoms with van der Waals surface area (Å²) >= 11 is 0. The molecule has 0 spiro atoms. The van der Waals surface area contributed by atoms with E-state index in [9.17, 15) is 4.79 Å². The Morgan fingerprint density at radius 2 is 1.85 bits per heavy atom. The molecule has 0 fully saturated rings. The van der Waals surface area contributed by atoms with Gasteiger partial charge in [-0.2, -0.15) is 4.68 Å². The second kappa shape index (κ2) is 7.11. The van der Waals surface area contributed by atoms with Crippen molar-refractivity contribution in [2.75, 3.05) is 6.61 Å². The summed E-state index contributed by atoms with van der Waals surface area (Å²) in [6.07, 6.45) is 0. The monoisotopic (exact) mass is 346 g/mol. The van der Waals surface area contributed by atoms with Crippen molar-refractivity contribution in [2.24, 2.45) is 12.8 Å². The fourth-order valence-electron chi connectivity index (χ4n) is 2.94. The topological polar surface area (TPSA) is 74.5 Å². The molecule has 3 aromatic rings. The fraction of sp³-hybridized carbons (Fsp3) is 0.150. The third-order valence-corrected chi connectivity index (χ3v) is 4.04. The first-order chi connectivity index (χ1) is 12.6. The van der Waals surface area contributed by atoms with Crippen molar-refractivity contribution in [1.29, 1.82) is 0 Å². The highest BCUT2D eigenvalue weighted by Crippen LogP contribution is 2.36. The average molecular weight is 346 g/mol. The number of nitrogens with zero attached hydrogens (tertiary/aromatic N) is 3. The Morgan fingerprint density at radius 3 is 2.46 bits per heavy atom. The predicted octanol–water partition coefficient (Wildman–Crippen LogP) is 3.80. The summed E-state index contributed by atoms with van der Waals surface area (Å²) in [5, 5.41) is 4.09. The van der Waals surface area contributed by atoms with Gasteiger partial charge in [0.15, 0.2) is 0 Å². The molecule has 1 amide bonds. The lowest BCUT2D eigenvalue weighted by Crippen LogP contribution is -2.16. The number of ether oxygens (including phenoxy) is 1. The van der Waals surface area contributed by atoms with E-state index in [2.05, 4.69) is 9.94 Å². The van der Waals surface area contributed by atoms with Crippen molar-refractivity contribution in [3.8, 4) is 28.0 Å². The summed E-state index contributed by atoms with van der Waals surface area (Å²) in [6.45, 7) is 9.84. The van der Waals surface area contributed by atoms with E-state index in [1.165, 1.54) is 4.68 Å². The van der Waals surface area contributed by atoms with Crippen molar-refractivity contribution >= 4 is 11.7 Å². The number of benzene rings is 2. The predicted molar refractivity (Wildman–Crippen MR) is 100 cm³/mol. The van der Waals surface area contributed by atoms with Crippen LogP contribution in [0.25, 0.3) is 27.1 Å². The van der Waals surface area contributed by atoms with Crippen molar-refractivity contribution < 1.29 is 9.53 Å². The molecule has 0 radical (unpaired) electrons. The van der Waals surface area contributed by atoms with E-state index >= 15 is 0 Å². The van der Waals surface area contributed by atoms with Crippen LogP contribution < -0.4 is 10.5 Å². The molecule has 1 heterocycles. The minimum Gasteiger partial charge on any atom is -0.493 e. The van der Waals surface area contributed by atoms with Gasteiger partial charge in [0.25, 0.3) is 5.91 Å². The number of nitrogens with two attached hydrogens (primary N) is 1. The minimum absolute atomic E-state index is 0.156. The number of carbonyl (C=O) groups excluding carboxylic acids is 1. The van der Waals surface area contributed by atoms with E-state index in [4.69, 9.17) is 17.0 Å². The van der Waals surface area contributed by atoms with E-state index < -0.39 is 5.91 Å². The number of para-hydroxylation sites is 1. The van der Waals surface area contributed by atoms with Gasteiger partial charge in [0.2, 0.25) is 0 Å². The van der Waals surface area contributed by atoms with Crippen LogP contribution in [0.1, 0.15) is 17.4 Å². The van der Waals surface area contributed by atoms with Gasteiger partial charge in [-0.15, -0.1) is 0 Å². The number of primary amides is 1. The molecule has 2 aromatic carbocycles. The molecule has 0 aliphatic carbocycles. The van der Waals surface area contributed by atoms with Gasteiger partial charge in [-0.25, -0.2) is 0 Å². The molecule has 0 unspecified atom stereocenters. The molecule has 0 atom stereocenters. The van der Waals surface area contributed by atoms with Crippen LogP contribution in [0.2, 0.25) is 0 Å². The van der Waals surface area contributed by atoms with Gasteiger partial charge in [-0.3, -0.25) is 4.79 Å². The van der Waals surface area contributed by atoms with Crippen LogP contribution in [-0.2, 0) is 7.05 Å². The number of aromatic nitrogens is 2. The zero-order valence-corrected chi connectivity index (χ0v) is 14.6. The number of aryl methyl sites for hydroxylation is 1. The lowest BCUT2D eigenvalue weighted by molar-refractivity contribution is 0.0992. The van der Waals surface area contributed by atoms with Crippen LogP contribution in [0.4, 0.5) is 5.82 Å². The largest absolute Gasteiger partial charge is 0.493 e. The van der Waals surface area contributed by atoms with Crippen molar-refractivity contribution in [3.05, 3.63) is 65.6 Å². The van der Waals surface area contributed by atoms with Crippen molar-refractivity contribution in [1.82, 2.24) is 9.78 Å². The van der Waals surface area contributed by atoms with E-state index in [1.54, 1.807) is 7.05 Å². The van der Waals surface area contributed by atoms with Crippen molar-refractivity contribution in [2.45, 2.75) is 6.92 Å². The summed E-state index contributed by atoms with van der Waals surface area (Å²) in [4.78, 5) is 15.2. The molecule has 26 heavy (non-hydrogen) atoms. The number of hydrogen-bond donors (Lipinski definition) is 1. The van der Waals surface area contributed by atoms with Gasteiger partial charge in [0, 0.05) is 11.1 Å². The van der Waals surface area contributed by atoms with Gasteiger partial charge in [-0.05, 0) is 29.2 Å². The number of hydrogen-bond acceptors (Lipinski definition) is 3. The smallest absolute Gasteiger partial charge is 0.304 e. The van der Waals surface area contributed by atoms with Gasteiger partial charge in [0.1, 0.15) is 11.4 Å². The van der Waals surface area contributed by atoms with Crippen LogP contribution in [-0.4, -0.2) is 22.3 Å². The molecule has 3 rings (SSSR count). The quantitative estimate of drug-likeness (QED) is 0.714. The number of amides is 1. The summed E-state index contributed by atoms with van der Waals surface area (Å²) in [6, 6.07) is 15.4. The first-order valence-electron chi connectivity index (χ1n) is 8.13. The summed E-state index contributed by atoms with van der Waals surface area (Å²) in [5.74, 6) is 0.350. The van der Waals surface area contributed by atoms with Crippen LogP contribution in [0, 0.1) is 6.57 Å². The molecule has 0 aliphatic rings. The van der Waals surface area contributed by atoms with Gasteiger partial charge >= 0.3 is 5.82 Å². The van der Waals surface area contributed by atoms with E-state index in [0.29, 0.717) is 12.2 Å². The van der Waals surface area contributed by atoms with E-state index in [-0.39, 0.29) is 11.5 Å². The molecule has 0 saturated carbocycles. The first kappa shape index (κ1) is 17.2. The highest BCUT2D eigenvalue weighted by molar-refractivity contribution is 6.01. The van der Waals surface area contributed by atoms with Crippen LogP contribution in [0.3, 0.4) is 0 Å². The molecule has 0 aliphatic heterocycles. The van der Waals surface area contributed by atoms with E-state index in [1.807, 2.05) is 55.5 Å². The first-order valence-corrected chi connectivity index (χ1v) is 8.13. The minimum atomic E-state index is -0.615. The molecule has 0 bridgehead atoms. The Labute approximate surface area is 151 Å². The molecular formula is C20H18N4O2. The lowest BCUT2D eigenvalue weighted by atomic mass is 9.99. The molecule has 0 saturated heterocycles. The maximum absolute atomic E-state index is 11.8. The number of rotatable bonds is 5. The Balaban J connectivity index is 2.08. The zero-order chi connectivity index (χ0) is 18.7. The van der Waals surface area contributed by atoms with Crippen LogP contribution in [0.5, 0.6) is 5.75 Å². The molecule has 2 N–H and O–H groups in total. The van der Waals surface area contributed by atoms with Crippen LogP contribution in [0.15, 0.2) is 48.5 Å². The maximum atomic E-state index is 11.8. The van der Waals surface area contributed by atoms with E-state index in [0.717, 1.165) is 22.4 Å². The number of carbonyl (C=O) groups is 1. The lowest BCUT2D eigenvalue weighted by Gasteiger charge is -2.11. The maximum Gasteiger partial charge on any atom is 0.304 e. The molecule has 130 valence electrons. The third kappa shape index (κ3) is 3.03. The fourth-order valence-corrected chi connectivity index (χ4v) is 2.94. The Hall–Kier alpha value is -3.59. The standard InChI is InChI=1S/C20H18N4O2/c1-4-26-16-8-6-5-7-15(16)13-9-11-14(12-10-13)17-18(19(21)25)24(3)23-20(17)22-2/h5-12H,4H2,1,3H3,(H2,21,25). The van der Waals surface area contributed by atoms with Gasteiger partial charge < -0.3 is 15.3 Å². The molecule has 1 aromatic heterocycles. The highest BCUT2D eigenvalue weighted by Gasteiger charge is 2.23. The normalized spacial score (nSPS) is 10.3. The summed E-state index contributed by atoms with van der Waals surface area (Å²) in [5.41, 5.74) is 8.83. The Morgan fingerprint density at radius 1 is 1.19 bits per heavy atom. The van der Waals surface area contributed by atoms with Gasteiger partial charge in [-0.1, -0.05) is 49.0 Å². The van der Waals surface area contributed by atoms with Crippen molar-refractivity contribution in [3.63, 3.8) is 0 Å². The Bertz CT molecular complexity index is 998. The highest BCUT2D eigenvalue weighted by atomic mass is 16.5.